The maximum absolute atomic E-state index is 12.0. The van der Waals surface area contributed by atoms with Gasteiger partial charge in [0.15, 0.2) is 0 Å². The van der Waals surface area contributed by atoms with E-state index < -0.39 is 6.61 Å². The van der Waals surface area contributed by atoms with E-state index >= 15 is 0 Å². The summed E-state index contributed by atoms with van der Waals surface area (Å²) in [5.74, 6) is 1.46. The van der Waals surface area contributed by atoms with Crippen LogP contribution in [-0.4, -0.2) is 56.7 Å². The summed E-state index contributed by atoms with van der Waals surface area (Å²) in [5.41, 5.74) is 4.05. The summed E-state index contributed by atoms with van der Waals surface area (Å²) in [4.78, 5) is 26.7. The number of fused-ring (bicyclic) bond motifs is 1. The number of anilines is 2. The molecule has 1 aliphatic rings. The first-order valence-corrected chi connectivity index (χ1v) is 12.8. The van der Waals surface area contributed by atoms with E-state index in [0.29, 0.717) is 47.6 Å². The van der Waals surface area contributed by atoms with Gasteiger partial charge in [0.2, 0.25) is 5.91 Å². The van der Waals surface area contributed by atoms with Crippen molar-refractivity contribution in [2.24, 2.45) is 0 Å². The number of carbonyl (C=O) groups excluding carboxylic acids is 1. The first kappa shape index (κ1) is 24.2. The molecule has 0 unspecified atom stereocenters. The molecular weight excluding hydrogens is 502 g/mol. The Hall–Kier alpha value is -3.47. The molecule has 1 aliphatic heterocycles. The molecular formula is C25H24ClN5O4S. The highest BCUT2D eigenvalue weighted by Crippen LogP contribution is 2.34. The number of nitrogens with one attached hydrogen (secondary N) is 1. The molecule has 1 atom stereocenters. The molecule has 186 valence electrons. The van der Waals surface area contributed by atoms with Crippen molar-refractivity contribution >= 4 is 51.3 Å². The summed E-state index contributed by atoms with van der Waals surface area (Å²) >= 11 is 7.98. The molecule has 1 fully saturated rings. The predicted molar refractivity (Wildman–Crippen MR) is 138 cm³/mol. The number of aliphatic hydroxyl groups excluding tert-OH is 1. The Balaban J connectivity index is 1.34. The van der Waals surface area contributed by atoms with Crippen LogP contribution in [0.15, 0.2) is 53.6 Å². The van der Waals surface area contributed by atoms with E-state index in [0.717, 1.165) is 29.6 Å². The van der Waals surface area contributed by atoms with Crippen molar-refractivity contribution in [3.8, 4) is 11.5 Å². The van der Waals surface area contributed by atoms with E-state index in [4.69, 9.17) is 21.1 Å². The van der Waals surface area contributed by atoms with Crippen LogP contribution >= 0.6 is 22.9 Å². The van der Waals surface area contributed by atoms with Crippen LogP contribution in [0.4, 0.5) is 11.5 Å². The van der Waals surface area contributed by atoms with Crippen LogP contribution in [-0.2, 0) is 11.4 Å². The van der Waals surface area contributed by atoms with Crippen molar-refractivity contribution in [3.05, 3.63) is 64.3 Å². The Bertz CT molecular complexity index is 1350. The Kier molecular flexibility index (Phi) is 7.45. The van der Waals surface area contributed by atoms with Gasteiger partial charge in [-0.2, -0.15) is 0 Å². The fraction of sp³-hybridized carbons (Fsp3) is 0.280. The second-order valence-corrected chi connectivity index (χ2v) is 9.39. The molecule has 1 amide bonds. The second-order valence-electron chi connectivity index (χ2n) is 8.26. The lowest BCUT2D eigenvalue weighted by molar-refractivity contribution is -0.135. The zero-order valence-corrected chi connectivity index (χ0v) is 20.8. The number of benzene rings is 2. The van der Waals surface area contributed by atoms with E-state index in [1.165, 1.54) is 17.7 Å². The number of hydrogen-bond acceptors (Lipinski definition) is 9. The number of likely N-dealkylation sites (tertiary alicyclic amines) is 1. The summed E-state index contributed by atoms with van der Waals surface area (Å²) in [6, 6.07) is 10.9. The maximum atomic E-state index is 12.0. The summed E-state index contributed by atoms with van der Waals surface area (Å²) in [5, 5.41) is 15.7. The van der Waals surface area contributed by atoms with Crippen molar-refractivity contribution in [1.82, 2.24) is 19.9 Å². The van der Waals surface area contributed by atoms with Gasteiger partial charge in [-0.25, -0.2) is 15.0 Å². The van der Waals surface area contributed by atoms with E-state index in [9.17, 15) is 9.90 Å². The normalized spacial score (nSPS) is 15.3. The van der Waals surface area contributed by atoms with E-state index in [1.807, 2.05) is 29.6 Å². The van der Waals surface area contributed by atoms with Gasteiger partial charge in [-0.3, -0.25) is 4.79 Å². The SMILES string of the molecule is O=C(CO)N1CCC[C@@H]1COc1cccc2ncnc(Nc3ccc(OCc4cscn4)c(Cl)c3)c12. The minimum atomic E-state index is -0.496. The number of amides is 1. The molecule has 0 aliphatic carbocycles. The fourth-order valence-corrected chi connectivity index (χ4v) is 4.98. The molecule has 0 saturated carbocycles. The molecule has 1 saturated heterocycles. The maximum Gasteiger partial charge on any atom is 0.248 e. The minimum absolute atomic E-state index is 0.0865. The zero-order chi connectivity index (χ0) is 24.9. The van der Waals surface area contributed by atoms with Crippen LogP contribution in [0.1, 0.15) is 18.5 Å². The molecule has 5 rings (SSSR count). The lowest BCUT2D eigenvalue weighted by Crippen LogP contribution is -2.40. The Labute approximate surface area is 216 Å². The fourth-order valence-electron chi connectivity index (χ4n) is 4.20. The van der Waals surface area contributed by atoms with Crippen LogP contribution in [0, 0.1) is 0 Å². The third-order valence-electron chi connectivity index (χ3n) is 5.94. The molecule has 2 aromatic heterocycles. The second kappa shape index (κ2) is 11.1. The van der Waals surface area contributed by atoms with Crippen LogP contribution < -0.4 is 14.8 Å². The first-order chi connectivity index (χ1) is 17.6. The van der Waals surface area contributed by atoms with Gasteiger partial charge >= 0.3 is 0 Å². The molecule has 11 heteroatoms. The van der Waals surface area contributed by atoms with Crippen molar-refractivity contribution in [2.75, 3.05) is 25.1 Å². The number of hydrogen-bond donors (Lipinski definition) is 2. The van der Waals surface area contributed by atoms with Gasteiger partial charge < -0.3 is 24.8 Å². The number of aliphatic hydroxyl groups is 1. The van der Waals surface area contributed by atoms with Gasteiger partial charge in [-0.15, -0.1) is 11.3 Å². The lowest BCUT2D eigenvalue weighted by Gasteiger charge is -2.24. The summed E-state index contributed by atoms with van der Waals surface area (Å²) < 4.78 is 12.0. The predicted octanol–water partition coefficient (Wildman–Crippen LogP) is 4.42. The van der Waals surface area contributed by atoms with Crippen LogP contribution in [0.3, 0.4) is 0 Å². The molecule has 36 heavy (non-hydrogen) atoms. The average Bonchev–Trinajstić information content (AvgIpc) is 3.59. The standard InChI is InChI=1S/C25H24ClN5O4S/c26-19-9-16(6-7-21(19)34-11-17-13-36-15-29-17)30-25-24-20(27-14-28-25)4-1-5-22(24)35-12-18-3-2-8-31(18)23(33)10-32/h1,4-7,9,13-15,18,32H,2-3,8,10-12H2,(H,27,28,30)/t18-/m1/s1. The minimum Gasteiger partial charge on any atom is -0.491 e. The van der Waals surface area contributed by atoms with E-state index in [1.54, 1.807) is 22.5 Å². The molecule has 0 bridgehead atoms. The number of rotatable bonds is 9. The van der Waals surface area contributed by atoms with Crippen LogP contribution in [0.5, 0.6) is 11.5 Å². The Morgan fingerprint density at radius 3 is 2.92 bits per heavy atom. The zero-order valence-electron chi connectivity index (χ0n) is 19.3. The van der Waals surface area contributed by atoms with E-state index in [-0.39, 0.29) is 11.9 Å². The number of ether oxygens (including phenoxy) is 2. The third-order valence-corrected chi connectivity index (χ3v) is 6.87. The van der Waals surface area contributed by atoms with Crippen molar-refractivity contribution in [3.63, 3.8) is 0 Å². The molecule has 0 radical (unpaired) electrons. The number of aromatic nitrogens is 3. The number of carbonyl (C=O) groups is 1. The van der Waals surface area contributed by atoms with Crippen molar-refractivity contribution in [1.29, 1.82) is 0 Å². The largest absolute Gasteiger partial charge is 0.491 e. The summed E-state index contributed by atoms with van der Waals surface area (Å²) in [6.07, 6.45) is 3.20. The Morgan fingerprint density at radius 1 is 1.19 bits per heavy atom. The molecule has 0 spiro atoms. The lowest BCUT2D eigenvalue weighted by atomic mass is 10.2. The molecule has 4 aromatic rings. The monoisotopic (exact) mass is 525 g/mol. The van der Waals surface area contributed by atoms with Gasteiger partial charge in [0.1, 0.15) is 43.5 Å². The van der Waals surface area contributed by atoms with E-state index in [2.05, 4.69) is 20.3 Å². The van der Waals surface area contributed by atoms with Crippen molar-refractivity contribution < 1.29 is 19.4 Å². The van der Waals surface area contributed by atoms with Crippen LogP contribution in [0.2, 0.25) is 5.02 Å². The van der Waals surface area contributed by atoms with Gasteiger partial charge in [0, 0.05) is 17.6 Å². The molecule has 9 nitrogen and oxygen atoms in total. The van der Waals surface area contributed by atoms with Gasteiger partial charge in [-0.05, 0) is 43.2 Å². The summed E-state index contributed by atoms with van der Waals surface area (Å²) in [7, 11) is 0. The highest BCUT2D eigenvalue weighted by Gasteiger charge is 2.29. The van der Waals surface area contributed by atoms with Gasteiger partial charge in [0.05, 0.1) is 33.2 Å². The first-order valence-electron chi connectivity index (χ1n) is 11.5. The third kappa shape index (κ3) is 5.35. The number of halogens is 1. The smallest absolute Gasteiger partial charge is 0.248 e. The highest BCUT2D eigenvalue weighted by atomic mass is 35.5. The average molecular weight is 526 g/mol. The van der Waals surface area contributed by atoms with Crippen LogP contribution in [0.25, 0.3) is 10.9 Å². The Morgan fingerprint density at radius 2 is 2.11 bits per heavy atom. The number of thiazole rings is 1. The topological polar surface area (TPSA) is 110 Å². The quantitative estimate of drug-likeness (QED) is 0.330. The molecule has 2 N–H and O–H groups in total. The highest BCUT2D eigenvalue weighted by molar-refractivity contribution is 7.07. The summed E-state index contributed by atoms with van der Waals surface area (Å²) in [6.45, 7) is 0.790. The molecule has 2 aromatic carbocycles. The van der Waals surface area contributed by atoms with Gasteiger partial charge in [-0.1, -0.05) is 17.7 Å². The van der Waals surface area contributed by atoms with Crippen molar-refractivity contribution in [2.45, 2.75) is 25.5 Å². The molecule has 3 heterocycles. The van der Waals surface area contributed by atoms with Gasteiger partial charge in [0.25, 0.3) is 0 Å². The number of nitrogens with zero attached hydrogens (tertiary/aromatic N) is 4.